The van der Waals surface area contributed by atoms with Crippen molar-refractivity contribution in [2.45, 2.75) is 6.61 Å². The lowest BCUT2D eigenvalue weighted by atomic mass is 10.2. The molecule has 0 saturated heterocycles. The first-order chi connectivity index (χ1) is 8.43. The van der Waals surface area contributed by atoms with Crippen LogP contribution in [0.5, 0.6) is 0 Å². The fraction of sp³-hybridized carbons (Fsp3) is 0.538. The maximum atomic E-state index is 5.48. The summed E-state index contributed by atoms with van der Waals surface area (Å²) in [6.45, 7) is 4.97. The number of ether oxygens (including phenoxy) is 2. The van der Waals surface area contributed by atoms with Crippen molar-refractivity contribution >= 4 is 0 Å². The predicted molar refractivity (Wildman–Crippen MR) is 68.8 cm³/mol. The van der Waals surface area contributed by atoms with Gasteiger partial charge in [0.25, 0.3) is 0 Å². The Morgan fingerprint density at radius 3 is 2.47 bits per heavy atom. The van der Waals surface area contributed by atoms with Gasteiger partial charge in [0.15, 0.2) is 0 Å². The smallest absolute Gasteiger partial charge is 0.0718 e. The molecule has 0 aromatic heterocycles. The highest BCUT2D eigenvalue weighted by Crippen LogP contribution is 1.99. The number of benzene rings is 1. The van der Waals surface area contributed by atoms with Crippen molar-refractivity contribution in [1.29, 1.82) is 0 Å². The molecule has 0 aliphatic rings. The maximum Gasteiger partial charge on any atom is 0.0718 e. The van der Waals surface area contributed by atoms with Crippen molar-refractivity contribution in [3.05, 3.63) is 35.9 Å². The number of hydrogen-bond acceptors (Lipinski definition) is 4. The molecule has 4 nitrogen and oxygen atoms in total. The Bertz CT molecular complexity index is 267. The molecule has 96 valence electrons. The third-order valence-electron chi connectivity index (χ3n) is 2.23. The zero-order valence-corrected chi connectivity index (χ0v) is 10.2. The van der Waals surface area contributed by atoms with E-state index in [1.807, 2.05) is 18.2 Å². The SMILES string of the molecule is NCCNCCOCCOCc1ccccc1. The molecule has 1 rings (SSSR count). The van der Waals surface area contributed by atoms with Crippen molar-refractivity contribution < 1.29 is 9.47 Å². The second-order valence-corrected chi connectivity index (χ2v) is 3.69. The molecule has 0 radical (unpaired) electrons. The lowest BCUT2D eigenvalue weighted by Crippen LogP contribution is -2.26. The van der Waals surface area contributed by atoms with Gasteiger partial charge in [-0.05, 0) is 5.56 Å². The number of nitrogens with one attached hydrogen (secondary N) is 1. The minimum atomic E-state index is 0.631. The molecule has 0 heterocycles. The van der Waals surface area contributed by atoms with Crippen LogP contribution in [0.15, 0.2) is 30.3 Å². The minimum Gasteiger partial charge on any atom is -0.378 e. The van der Waals surface area contributed by atoms with Crippen molar-refractivity contribution in [1.82, 2.24) is 5.32 Å². The summed E-state index contributed by atoms with van der Waals surface area (Å²) in [4.78, 5) is 0. The highest BCUT2D eigenvalue weighted by molar-refractivity contribution is 5.13. The van der Waals surface area contributed by atoms with E-state index in [1.54, 1.807) is 0 Å². The highest BCUT2D eigenvalue weighted by Gasteiger charge is 1.92. The molecule has 0 unspecified atom stereocenters. The molecule has 0 aliphatic carbocycles. The topological polar surface area (TPSA) is 56.5 Å². The summed E-state index contributed by atoms with van der Waals surface area (Å²) >= 11 is 0. The van der Waals surface area contributed by atoms with Gasteiger partial charge in [0.1, 0.15) is 0 Å². The van der Waals surface area contributed by atoms with Crippen LogP contribution in [-0.2, 0) is 16.1 Å². The van der Waals surface area contributed by atoms with Crippen LogP contribution in [0.4, 0.5) is 0 Å². The van der Waals surface area contributed by atoms with Crippen LogP contribution in [0.1, 0.15) is 5.56 Å². The van der Waals surface area contributed by atoms with Crippen LogP contribution in [0.2, 0.25) is 0 Å². The number of nitrogens with two attached hydrogens (primary N) is 1. The monoisotopic (exact) mass is 238 g/mol. The number of rotatable bonds is 10. The van der Waals surface area contributed by atoms with E-state index < -0.39 is 0 Å². The van der Waals surface area contributed by atoms with Crippen molar-refractivity contribution in [3.8, 4) is 0 Å². The first-order valence-electron chi connectivity index (χ1n) is 6.03. The van der Waals surface area contributed by atoms with Crippen LogP contribution >= 0.6 is 0 Å². The van der Waals surface area contributed by atoms with Crippen molar-refractivity contribution in [3.63, 3.8) is 0 Å². The molecule has 4 heteroatoms. The Morgan fingerprint density at radius 1 is 0.941 bits per heavy atom. The van der Waals surface area contributed by atoms with E-state index in [2.05, 4.69) is 17.4 Å². The lowest BCUT2D eigenvalue weighted by molar-refractivity contribution is 0.0417. The highest BCUT2D eigenvalue weighted by atomic mass is 16.5. The molecular formula is C13H22N2O2. The molecular weight excluding hydrogens is 216 g/mol. The summed E-state index contributed by atoms with van der Waals surface area (Å²) in [5.41, 5.74) is 6.53. The van der Waals surface area contributed by atoms with E-state index in [0.29, 0.717) is 33.0 Å². The lowest BCUT2D eigenvalue weighted by Gasteiger charge is -2.06. The van der Waals surface area contributed by atoms with E-state index in [0.717, 1.165) is 13.1 Å². The van der Waals surface area contributed by atoms with Gasteiger partial charge < -0.3 is 20.5 Å². The Morgan fingerprint density at radius 2 is 1.71 bits per heavy atom. The molecule has 0 spiro atoms. The standard InChI is InChI=1S/C13H22N2O2/c14-6-7-15-8-9-16-10-11-17-12-13-4-2-1-3-5-13/h1-5,15H,6-12,14H2. The molecule has 1 aromatic rings. The molecule has 3 N–H and O–H groups in total. The third-order valence-corrected chi connectivity index (χ3v) is 2.23. The average Bonchev–Trinajstić information content (AvgIpc) is 2.38. The first-order valence-corrected chi connectivity index (χ1v) is 6.03. The van der Waals surface area contributed by atoms with Crippen LogP contribution in [0, 0.1) is 0 Å². The quantitative estimate of drug-likeness (QED) is 0.591. The van der Waals surface area contributed by atoms with Crippen LogP contribution in [0.25, 0.3) is 0 Å². The fourth-order valence-corrected chi connectivity index (χ4v) is 1.36. The van der Waals surface area contributed by atoms with Gasteiger partial charge >= 0.3 is 0 Å². The van der Waals surface area contributed by atoms with E-state index in [9.17, 15) is 0 Å². The van der Waals surface area contributed by atoms with Gasteiger partial charge in [-0.25, -0.2) is 0 Å². The zero-order valence-electron chi connectivity index (χ0n) is 10.2. The van der Waals surface area contributed by atoms with Crippen LogP contribution in [-0.4, -0.2) is 39.5 Å². The Hall–Kier alpha value is -0.940. The van der Waals surface area contributed by atoms with Gasteiger partial charge in [0.05, 0.1) is 26.4 Å². The van der Waals surface area contributed by atoms with Crippen LogP contribution in [0.3, 0.4) is 0 Å². The summed E-state index contributed by atoms with van der Waals surface area (Å²) in [5.74, 6) is 0. The van der Waals surface area contributed by atoms with Crippen LogP contribution < -0.4 is 11.1 Å². The fourth-order valence-electron chi connectivity index (χ4n) is 1.36. The minimum absolute atomic E-state index is 0.631. The van der Waals surface area contributed by atoms with Gasteiger partial charge in [-0.2, -0.15) is 0 Å². The van der Waals surface area contributed by atoms with E-state index in [4.69, 9.17) is 15.2 Å². The summed E-state index contributed by atoms with van der Waals surface area (Å²) in [7, 11) is 0. The first kappa shape index (κ1) is 14.1. The molecule has 0 aliphatic heterocycles. The van der Waals surface area contributed by atoms with Gasteiger partial charge in [-0.3, -0.25) is 0 Å². The summed E-state index contributed by atoms with van der Waals surface area (Å²) in [5, 5.41) is 3.16. The van der Waals surface area contributed by atoms with Gasteiger partial charge in [0, 0.05) is 19.6 Å². The maximum absolute atomic E-state index is 5.48. The molecule has 0 saturated carbocycles. The third kappa shape index (κ3) is 7.88. The molecule has 0 fully saturated rings. The predicted octanol–water partition coefficient (Wildman–Crippen LogP) is 0.768. The summed E-state index contributed by atoms with van der Waals surface area (Å²) in [6, 6.07) is 10.1. The molecule has 0 bridgehead atoms. The molecule has 0 amide bonds. The van der Waals surface area contributed by atoms with Gasteiger partial charge in [0.2, 0.25) is 0 Å². The van der Waals surface area contributed by atoms with Crippen molar-refractivity contribution in [2.75, 3.05) is 39.5 Å². The normalized spacial score (nSPS) is 10.6. The van der Waals surface area contributed by atoms with Crippen molar-refractivity contribution in [2.24, 2.45) is 5.73 Å². The largest absolute Gasteiger partial charge is 0.378 e. The second-order valence-electron chi connectivity index (χ2n) is 3.69. The second kappa shape index (κ2) is 10.2. The average molecular weight is 238 g/mol. The van der Waals surface area contributed by atoms with Gasteiger partial charge in [-0.15, -0.1) is 0 Å². The molecule has 0 atom stereocenters. The Balaban J connectivity index is 1.85. The molecule has 1 aromatic carbocycles. The van der Waals surface area contributed by atoms with E-state index in [1.165, 1.54) is 5.56 Å². The van der Waals surface area contributed by atoms with E-state index in [-0.39, 0.29) is 0 Å². The molecule has 17 heavy (non-hydrogen) atoms. The van der Waals surface area contributed by atoms with E-state index >= 15 is 0 Å². The zero-order chi connectivity index (χ0) is 12.2. The Labute approximate surface area is 103 Å². The van der Waals surface area contributed by atoms with Gasteiger partial charge in [-0.1, -0.05) is 30.3 Å². The Kier molecular flexibility index (Phi) is 8.50. The summed E-state index contributed by atoms with van der Waals surface area (Å²) < 4.78 is 10.9. The number of hydrogen-bond donors (Lipinski definition) is 2. The summed E-state index contributed by atoms with van der Waals surface area (Å²) in [6.07, 6.45) is 0.